The van der Waals surface area contributed by atoms with Gasteiger partial charge in [0, 0.05) is 26.2 Å². The molecule has 2 aliphatic rings. The average Bonchev–Trinajstić information content (AvgIpc) is 3.24. The van der Waals surface area contributed by atoms with Crippen molar-refractivity contribution in [1.82, 2.24) is 23.3 Å². The van der Waals surface area contributed by atoms with Crippen molar-refractivity contribution in [3.63, 3.8) is 0 Å². The summed E-state index contributed by atoms with van der Waals surface area (Å²) >= 11 is 1.00. The molecule has 30 heavy (non-hydrogen) atoms. The Labute approximate surface area is 182 Å². The van der Waals surface area contributed by atoms with Crippen molar-refractivity contribution in [2.45, 2.75) is 37.5 Å². The summed E-state index contributed by atoms with van der Waals surface area (Å²) in [7, 11) is -3.72. The van der Waals surface area contributed by atoms with E-state index >= 15 is 0 Å². The van der Waals surface area contributed by atoms with E-state index in [0.29, 0.717) is 37.0 Å². The first-order valence-corrected chi connectivity index (χ1v) is 12.8. The number of likely N-dealkylation sites (tertiary alicyclic amines) is 1. The van der Waals surface area contributed by atoms with Gasteiger partial charge in [0.15, 0.2) is 0 Å². The van der Waals surface area contributed by atoms with E-state index in [1.165, 1.54) is 17.1 Å². The van der Waals surface area contributed by atoms with Crippen molar-refractivity contribution in [1.29, 1.82) is 0 Å². The predicted molar refractivity (Wildman–Crippen MR) is 117 cm³/mol. The minimum atomic E-state index is -3.72. The Morgan fingerprint density at radius 2 is 2.00 bits per heavy atom. The number of piperidine rings is 2. The number of benzene rings is 1. The van der Waals surface area contributed by atoms with Crippen LogP contribution in [0.5, 0.6) is 0 Å². The maximum Gasteiger partial charge on any atom is 0.245 e. The fourth-order valence-electron chi connectivity index (χ4n) is 4.27. The standard InChI is InChI=1S/C20H29N5O3S2/c1-15-7-11-24(12-8-15)13-9-21-20(26)16-4-3-10-25(14-16)30(27,28)18-6-2-5-17-19(18)23-29-22-17/h2,5-6,15-16H,3-4,7-14H2,1H3,(H,21,26)/t16-/m0/s1. The number of hydrogen-bond donors (Lipinski definition) is 1. The van der Waals surface area contributed by atoms with Crippen molar-refractivity contribution < 1.29 is 13.2 Å². The summed E-state index contributed by atoms with van der Waals surface area (Å²) < 4.78 is 36.2. The summed E-state index contributed by atoms with van der Waals surface area (Å²) in [6.45, 7) is 6.56. The molecular formula is C20H29N5O3S2. The van der Waals surface area contributed by atoms with Crippen LogP contribution in [0.4, 0.5) is 0 Å². The van der Waals surface area contributed by atoms with Crippen LogP contribution >= 0.6 is 11.7 Å². The molecule has 164 valence electrons. The lowest BCUT2D eigenvalue weighted by Crippen LogP contribution is -2.47. The third kappa shape index (κ3) is 4.66. The highest BCUT2D eigenvalue weighted by Crippen LogP contribution is 2.28. The third-order valence-electron chi connectivity index (χ3n) is 6.23. The number of amides is 1. The van der Waals surface area contributed by atoms with E-state index in [4.69, 9.17) is 0 Å². The minimum Gasteiger partial charge on any atom is -0.355 e. The van der Waals surface area contributed by atoms with E-state index in [2.05, 4.69) is 25.9 Å². The van der Waals surface area contributed by atoms with Crippen LogP contribution in [0.2, 0.25) is 0 Å². The molecule has 4 rings (SSSR count). The molecule has 10 heteroatoms. The summed E-state index contributed by atoms with van der Waals surface area (Å²) in [6, 6.07) is 5.02. The Balaban J connectivity index is 1.35. The third-order valence-corrected chi connectivity index (χ3v) is 8.66. The Kier molecular flexibility index (Phi) is 6.66. The van der Waals surface area contributed by atoms with E-state index < -0.39 is 10.0 Å². The van der Waals surface area contributed by atoms with E-state index in [9.17, 15) is 13.2 Å². The van der Waals surface area contributed by atoms with Gasteiger partial charge in [-0.2, -0.15) is 13.1 Å². The Bertz CT molecular complexity index is 985. The number of nitrogens with one attached hydrogen (secondary N) is 1. The molecule has 1 atom stereocenters. The number of carbonyl (C=O) groups excluding carboxylic acids is 1. The van der Waals surface area contributed by atoms with Crippen LogP contribution in [0.25, 0.3) is 11.0 Å². The summed E-state index contributed by atoms with van der Waals surface area (Å²) in [6.07, 6.45) is 3.81. The van der Waals surface area contributed by atoms with Crippen LogP contribution < -0.4 is 5.32 Å². The lowest BCUT2D eigenvalue weighted by molar-refractivity contribution is -0.126. The highest BCUT2D eigenvalue weighted by Gasteiger charge is 2.34. The minimum absolute atomic E-state index is 0.0474. The van der Waals surface area contributed by atoms with Gasteiger partial charge >= 0.3 is 0 Å². The predicted octanol–water partition coefficient (Wildman–Crippen LogP) is 1.94. The molecule has 2 fully saturated rings. The second-order valence-electron chi connectivity index (χ2n) is 8.41. The highest BCUT2D eigenvalue weighted by atomic mass is 32.2. The van der Waals surface area contributed by atoms with Gasteiger partial charge in [0.25, 0.3) is 0 Å². The molecule has 0 radical (unpaired) electrons. The van der Waals surface area contributed by atoms with Crippen molar-refractivity contribution in [3.8, 4) is 0 Å². The van der Waals surface area contributed by atoms with Crippen LogP contribution in [-0.2, 0) is 14.8 Å². The van der Waals surface area contributed by atoms with Crippen LogP contribution in [0, 0.1) is 11.8 Å². The Morgan fingerprint density at radius 3 is 2.80 bits per heavy atom. The number of rotatable bonds is 6. The smallest absolute Gasteiger partial charge is 0.245 e. The lowest BCUT2D eigenvalue weighted by atomic mass is 9.98. The molecule has 1 N–H and O–H groups in total. The summed E-state index contributed by atoms with van der Waals surface area (Å²) in [5.74, 6) is 0.424. The SMILES string of the molecule is CC1CCN(CCNC(=O)[C@H]2CCCN(S(=O)(=O)c3cccc4nsnc34)C2)CC1. The maximum atomic E-state index is 13.2. The second-order valence-corrected chi connectivity index (χ2v) is 10.8. The molecule has 2 aromatic rings. The molecule has 1 aromatic heterocycles. The van der Waals surface area contributed by atoms with Gasteiger partial charge < -0.3 is 10.2 Å². The molecule has 1 aromatic carbocycles. The quantitative estimate of drug-likeness (QED) is 0.721. The molecule has 0 spiro atoms. The number of aromatic nitrogens is 2. The van der Waals surface area contributed by atoms with E-state index in [-0.39, 0.29) is 23.3 Å². The van der Waals surface area contributed by atoms with Gasteiger partial charge in [0.05, 0.1) is 17.6 Å². The zero-order valence-electron chi connectivity index (χ0n) is 17.3. The van der Waals surface area contributed by atoms with Crippen LogP contribution in [0.15, 0.2) is 23.1 Å². The first-order chi connectivity index (χ1) is 14.4. The van der Waals surface area contributed by atoms with E-state index in [0.717, 1.165) is 37.3 Å². The first-order valence-electron chi connectivity index (χ1n) is 10.7. The number of carbonyl (C=O) groups is 1. The van der Waals surface area contributed by atoms with Crippen molar-refractivity contribution in [3.05, 3.63) is 18.2 Å². The van der Waals surface area contributed by atoms with Crippen molar-refractivity contribution >= 4 is 38.7 Å². The molecule has 0 unspecified atom stereocenters. The first kappa shape index (κ1) is 21.6. The van der Waals surface area contributed by atoms with Gasteiger partial charge in [-0.3, -0.25) is 4.79 Å². The van der Waals surface area contributed by atoms with Gasteiger partial charge in [-0.25, -0.2) is 8.42 Å². The average molecular weight is 452 g/mol. The number of sulfonamides is 1. The number of hydrogen-bond acceptors (Lipinski definition) is 7. The molecule has 0 aliphatic carbocycles. The van der Waals surface area contributed by atoms with Crippen LogP contribution in [0.1, 0.15) is 32.6 Å². The molecule has 8 nitrogen and oxygen atoms in total. The van der Waals surface area contributed by atoms with Gasteiger partial charge in [-0.1, -0.05) is 13.0 Å². The fraction of sp³-hybridized carbons (Fsp3) is 0.650. The summed E-state index contributed by atoms with van der Waals surface area (Å²) in [5.41, 5.74) is 0.990. The molecule has 2 aliphatic heterocycles. The van der Waals surface area contributed by atoms with E-state index in [1.807, 2.05) is 0 Å². The van der Waals surface area contributed by atoms with Gasteiger partial charge in [-0.05, 0) is 56.8 Å². The number of nitrogens with zero attached hydrogens (tertiary/aromatic N) is 4. The van der Waals surface area contributed by atoms with Crippen molar-refractivity contribution in [2.24, 2.45) is 11.8 Å². The van der Waals surface area contributed by atoms with Gasteiger partial charge in [0.2, 0.25) is 15.9 Å². The zero-order chi connectivity index (χ0) is 21.1. The topological polar surface area (TPSA) is 95.5 Å². The molecule has 0 bridgehead atoms. The fourth-order valence-corrected chi connectivity index (χ4v) is 6.55. The number of fused-ring (bicyclic) bond motifs is 1. The molecule has 1 amide bonds. The van der Waals surface area contributed by atoms with Crippen LogP contribution in [0.3, 0.4) is 0 Å². The normalized spacial score (nSPS) is 22.4. The monoisotopic (exact) mass is 451 g/mol. The summed E-state index contributed by atoms with van der Waals surface area (Å²) in [5, 5.41) is 3.03. The summed E-state index contributed by atoms with van der Waals surface area (Å²) in [4.78, 5) is 15.3. The van der Waals surface area contributed by atoms with E-state index in [1.54, 1.807) is 18.2 Å². The largest absolute Gasteiger partial charge is 0.355 e. The Hall–Kier alpha value is -1.62. The van der Waals surface area contributed by atoms with Gasteiger partial charge in [0.1, 0.15) is 15.9 Å². The van der Waals surface area contributed by atoms with Crippen LogP contribution in [-0.4, -0.2) is 71.5 Å². The molecular weight excluding hydrogens is 422 g/mol. The van der Waals surface area contributed by atoms with Crippen molar-refractivity contribution in [2.75, 3.05) is 39.3 Å². The zero-order valence-corrected chi connectivity index (χ0v) is 18.9. The molecule has 0 saturated carbocycles. The Morgan fingerprint density at radius 1 is 1.20 bits per heavy atom. The molecule has 3 heterocycles. The lowest BCUT2D eigenvalue weighted by Gasteiger charge is -2.32. The highest BCUT2D eigenvalue weighted by molar-refractivity contribution is 7.89. The molecule has 2 saturated heterocycles. The second kappa shape index (κ2) is 9.25. The van der Waals surface area contributed by atoms with Gasteiger partial charge in [-0.15, -0.1) is 0 Å². The maximum absolute atomic E-state index is 13.2.